The molecule has 2 aromatic rings. The molecule has 0 aliphatic carbocycles. The summed E-state index contributed by atoms with van der Waals surface area (Å²) >= 11 is 0. The minimum atomic E-state index is -0.163. The Morgan fingerprint density at radius 2 is 2.04 bits per heavy atom. The van der Waals surface area contributed by atoms with E-state index in [1.54, 1.807) is 23.3 Å². The molecule has 1 aromatic heterocycles. The lowest BCUT2D eigenvalue weighted by Gasteiger charge is -2.32. The van der Waals surface area contributed by atoms with Crippen molar-refractivity contribution >= 4 is 22.8 Å². The number of carbonyl (C=O) groups is 2. The van der Waals surface area contributed by atoms with Crippen LogP contribution in [0.3, 0.4) is 0 Å². The van der Waals surface area contributed by atoms with Crippen LogP contribution in [0.15, 0.2) is 28.9 Å². The molecule has 1 N–H and O–H groups in total. The number of rotatable bonds is 5. The SMILES string of the molecule is CC(C)NC(=O)C1CCCN(C(=O)c2cc(OC(C)C)c3ccoc3c2)C1. The van der Waals surface area contributed by atoms with Crippen molar-refractivity contribution in [1.29, 1.82) is 0 Å². The van der Waals surface area contributed by atoms with Crippen LogP contribution < -0.4 is 10.1 Å². The Hall–Kier alpha value is -2.50. The van der Waals surface area contributed by atoms with Gasteiger partial charge < -0.3 is 19.4 Å². The van der Waals surface area contributed by atoms with Gasteiger partial charge in [-0.1, -0.05) is 0 Å². The maximum Gasteiger partial charge on any atom is 0.254 e. The molecule has 1 aromatic carbocycles. The van der Waals surface area contributed by atoms with Crippen molar-refractivity contribution in [3.8, 4) is 5.75 Å². The molecular weight excluding hydrogens is 344 g/mol. The summed E-state index contributed by atoms with van der Waals surface area (Å²) in [6, 6.07) is 5.47. The first kappa shape index (κ1) is 19.3. The molecular formula is C21H28N2O4. The quantitative estimate of drug-likeness (QED) is 0.870. The molecule has 0 saturated carbocycles. The molecule has 2 heterocycles. The predicted molar refractivity (Wildman–Crippen MR) is 104 cm³/mol. The number of furan rings is 1. The van der Waals surface area contributed by atoms with Crippen LogP contribution in [-0.4, -0.2) is 41.9 Å². The number of piperidine rings is 1. The fraction of sp³-hybridized carbons (Fsp3) is 0.524. The summed E-state index contributed by atoms with van der Waals surface area (Å²) in [5.74, 6) is 0.409. The van der Waals surface area contributed by atoms with Gasteiger partial charge in [-0.15, -0.1) is 0 Å². The molecule has 1 aliphatic rings. The number of fused-ring (bicyclic) bond motifs is 1. The monoisotopic (exact) mass is 372 g/mol. The number of nitrogens with one attached hydrogen (secondary N) is 1. The van der Waals surface area contributed by atoms with Gasteiger partial charge in [0.25, 0.3) is 5.91 Å². The topological polar surface area (TPSA) is 71.8 Å². The van der Waals surface area contributed by atoms with Crippen molar-refractivity contribution in [2.24, 2.45) is 5.92 Å². The first-order chi connectivity index (χ1) is 12.8. The van der Waals surface area contributed by atoms with Crippen molar-refractivity contribution < 1.29 is 18.7 Å². The summed E-state index contributed by atoms with van der Waals surface area (Å²) in [6.07, 6.45) is 3.22. The van der Waals surface area contributed by atoms with Crippen LogP contribution in [0.5, 0.6) is 5.75 Å². The van der Waals surface area contributed by atoms with E-state index >= 15 is 0 Å². The smallest absolute Gasteiger partial charge is 0.254 e. The van der Waals surface area contributed by atoms with Gasteiger partial charge >= 0.3 is 0 Å². The van der Waals surface area contributed by atoms with Crippen molar-refractivity contribution in [1.82, 2.24) is 10.2 Å². The fourth-order valence-electron chi connectivity index (χ4n) is 3.47. The van der Waals surface area contributed by atoms with Crippen LogP contribution in [-0.2, 0) is 4.79 Å². The number of benzene rings is 1. The molecule has 6 heteroatoms. The Balaban J connectivity index is 1.81. The molecule has 2 amide bonds. The average molecular weight is 372 g/mol. The molecule has 6 nitrogen and oxygen atoms in total. The third kappa shape index (κ3) is 4.43. The van der Waals surface area contributed by atoms with E-state index in [1.807, 2.05) is 33.8 Å². The van der Waals surface area contributed by atoms with Crippen LogP contribution in [0.4, 0.5) is 0 Å². The molecule has 3 rings (SSSR count). The van der Waals surface area contributed by atoms with Gasteiger partial charge in [0.1, 0.15) is 11.3 Å². The number of hydrogen-bond acceptors (Lipinski definition) is 4. The Morgan fingerprint density at radius 3 is 2.74 bits per heavy atom. The van der Waals surface area contributed by atoms with Crippen LogP contribution in [0.25, 0.3) is 11.0 Å². The summed E-state index contributed by atoms with van der Waals surface area (Å²) in [4.78, 5) is 27.2. The van der Waals surface area contributed by atoms with Crippen molar-refractivity contribution in [2.75, 3.05) is 13.1 Å². The first-order valence-corrected chi connectivity index (χ1v) is 9.62. The summed E-state index contributed by atoms with van der Waals surface area (Å²) in [7, 11) is 0. The van der Waals surface area contributed by atoms with E-state index in [-0.39, 0.29) is 29.9 Å². The van der Waals surface area contributed by atoms with Crippen LogP contribution in [0.2, 0.25) is 0 Å². The number of likely N-dealkylation sites (tertiary alicyclic amines) is 1. The maximum atomic E-state index is 13.1. The number of nitrogens with zero attached hydrogens (tertiary/aromatic N) is 1. The van der Waals surface area contributed by atoms with Gasteiger partial charge in [-0.25, -0.2) is 0 Å². The molecule has 0 spiro atoms. The maximum absolute atomic E-state index is 13.1. The van der Waals surface area contributed by atoms with Gasteiger partial charge in [0, 0.05) is 24.7 Å². The van der Waals surface area contributed by atoms with E-state index in [0.717, 1.165) is 18.2 Å². The number of carbonyl (C=O) groups excluding carboxylic acids is 2. The molecule has 0 radical (unpaired) electrons. The zero-order valence-electron chi connectivity index (χ0n) is 16.5. The second-order valence-electron chi connectivity index (χ2n) is 7.73. The van der Waals surface area contributed by atoms with Crippen LogP contribution in [0.1, 0.15) is 50.9 Å². The van der Waals surface area contributed by atoms with Gasteiger partial charge in [-0.05, 0) is 58.7 Å². The van der Waals surface area contributed by atoms with Crippen molar-refractivity contribution in [3.05, 3.63) is 30.0 Å². The highest BCUT2D eigenvalue weighted by Gasteiger charge is 2.29. The van der Waals surface area contributed by atoms with E-state index in [4.69, 9.17) is 9.15 Å². The lowest BCUT2D eigenvalue weighted by atomic mass is 9.96. The average Bonchev–Trinajstić information content (AvgIpc) is 3.09. The van der Waals surface area contributed by atoms with Gasteiger partial charge in [-0.2, -0.15) is 0 Å². The zero-order chi connectivity index (χ0) is 19.6. The molecule has 1 fully saturated rings. The van der Waals surface area contributed by atoms with E-state index in [9.17, 15) is 9.59 Å². The number of amides is 2. The Kier molecular flexibility index (Phi) is 5.73. The number of ether oxygens (including phenoxy) is 1. The summed E-state index contributed by atoms with van der Waals surface area (Å²) in [5, 5.41) is 3.81. The lowest BCUT2D eigenvalue weighted by molar-refractivity contribution is -0.126. The summed E-state index contributed by atoms with van der Waals surface area (Å²) in [5.41, 5.74) is 1.15. The predicted octanol–water partition coefficient (Wildman–Crippen LogP) is 3.60. The molecule has 1 atom stereocenters. The second-order valence-corrected chi connectivity index (χ2v) is 7.73. The molecule has 27 heavy (non-hydrogen) atoms. The standard InChI is InChI=1S/C21H28N2O4/c1-13(2)22-20(24)15-6-5-8-23(12-15)21(25)16-10-18-17(7-9-26-18)19(11-16)27-14(3)4/h7,9-11,13-15H,5-6,8,12H2,1-4H3,(H,22,24). The van der Waals surface area contributed by atoms with Crippen molar-refractivity contribution in [3.63, 3.8) is 0 Å². The van der Waals surface area contributed by atoms with Gasteiger partial charge in [0.2, 0.25) is 5.91 Å². The highest BCUT2D eigenvalue weighted by Crippen LogP contribution is 2.30. The van der Waals surface area contributed by atoms with Gasteiger partial charge in [0.15, 0.2) is 0 Å². The molecule has 1 unspecified atom stereocenters. The van der Waals surface area contributed by atoms with E-state index < -0.39 is 0 Å². The first-order valence-electron chi connectivity index (χ1n) is 9.62. The Bertz CT molecular complexity index is 825. The minimum absolute atomic E-state index is 0.00690. The molecule has 1 saturated heterocycles. The summed E-state index contributed by atoms with van der Waals surface area (Å²) < 4.78 is 11.4. The molecule has 0 bridgehead atoms. The van der Waals surface area contributed by atoms with Gasteiger partial charge in [-0.3, -0.25) is 9.59 Å². The lowest BCUT2D eigenvalue weighted by Crippen LogP contribution is -2.46. The van der Waals surface area contributed by atoms with E-state index in [1.165, 1.54) is 0 Å². The Labute approximate surface area is 159 Å². The zero-order valence-corrected chi connectivity index (χ0v) is 16.5. The van der Waals surface area contributed by atoms with E-state index in [0.29, 0.717) is 30.0 Å². The van der Waals surface area contributed by atoms with Crippen LogP contribution >= 0.6 is 0 Å². The highest BCUT2D eigenvalue weighted by molar-refractivity contribution is 5.99. The van der Waals surface area contributed by atoms with Crippen LogP contribution in [0, 0.1) is 5.92 Å². The normalized spacial score (nSPS) is 17.6. The second kappa shape index (κ2) is 8.03. The third-order valence-electron chi connectivity index (χ3n) is 4.65. The highest BCUT2D eigenvalue weighted by atomic mass is 16.5. The largest absolute Gasteiger partial charge is 0.490 e. The Morgan fingerprint density at radius 1 is 1.26 bits per heavy atom. The minimum Gasteiger partial charge on any atom is -0.490 e. The number of hydrogen-bond donors (Lipinski definition) is 1. The van der Waals surface area contributed by atoms with E-state index in [2.05, 4.69) is 5.32 Å². The van der Waals surface area contributed by atoms with Crippen molar-refractivity contribution in [2.45, 2.75) is 52.7 Å². The fourth-order valence-corrected chi connectivity index (χ4v) is 3.47. The molecule has 146 valence electrons. The molecule has 1 aliphatic heterocycles. The van der Waals surface area contributed by atoms with Gasteiger partial charge in [0.05, 0.1) is 23.7 Å². The summed E-state index contributed by atoms with van der Waals surface area (Å²) in [6.45, 7) is 8.87. The third-order valence-corrected chi connectivity index (χ3v) is 4.65.